The summed E-state index contributed by atoms with van der Waals surface area (Å²) in [6, 6.07) is 17.7. The Morgan fingerprint density at radius 3 is 2.21 bits per heavy atom. The van der Waals surface area contributed by atoms with E-state index in [1.807, 2.05) is 76.0 Å². The summed E-state index contributed by atoms with van der Waals surface area (Å²) < 4.78 is 8.88. The highest BCUT2D eigenvalue weighted by Gasteiger charge is 2.32. The second kappa shape index (κ2) is 10.2. The van der Waals surface area contributed by atoms with Crippen LogP contribution in [0.15, 0.2) is 60.8 Å². The molecule has 5 aromatic rings. The van der Waals surface area contributed by atoms with Gasteiger partial charge in [-0.25, -0.2) is 9.78 Å². The normalized spacial score (nSPS) is 12.7. The minimum atomic E-state index is -1.15. The van der Waals surface area contributed by atoms with Gasteiger partial charge in [-0.15, -0.1) is 11.3 Å². The number of hydrogen-bond acceptors (Lipinski definition) is 5. The molecule has 200 valence electrons. The summed E-state index contributed by atoms with van der Waals surface area (Å²) in [5.74, 6) is -1.03. The van der Waals surface area contributed by atoms with Crippen LogP contribution in [0.1, 0.15) is 43.7 Å². The third kappa shape index (κ3) is 5.35. The van der Waals surface area contributed by atoms with E-state index in [1.165, 1.54) is 0 Å². The van der Waals surface area contributed by atoms with Crippen LogP contribution in [0.2, 0.25) is 5.02 Å². The van der Waals surface area contributed by atoms with Crippen LogP contribution >= 0.6 is 22.9 Å². The van der Waals surface area contributed by atoms with Gasteiger partial charge < -0.3 is 9.84 Å². The zero-order chi connectivity index (χ0) is 28.1. The molecule has 3 aromatic carbocycles. The van der Waals surface area contributed by atoms with E-state index in [-0.39, 0.29) is 0 Å². The molecule has 1 unspecified atom stereocenters. The molecule has 0 amide bonds. The van der Waals surface area contributed by atoms with Gasteiger partial charge in [-0.2, -0.15) is 5.10 Å². The molecule has 1 N–H and O–H groups in total. The van der Waals surface area contributed by atoms with Gasteiger partial charge in [-0.05, 0) is 69.5 Å². The van der Waals surface area contributed by atoms with E-state index < -0.39 is 17.7 Å². The molecule has 0 saturated carbocycles. The van der Waals surface area contributed by atoms with Crippen LogP contribution in [0.25, 0.3) is 43.0 Å². The summed E-state index contributed by atoms with van der Waals surface area (Å²) in [4.78, 5) is 17.5. The largest absolute Gasteiger partial charge is 0.479 e. The Balaban J connectivity index is 1.69. The molecule has 2 heterocycles. The molecule has 5 rings (SSSR count). The maximum Gasteiger partial charge on any atom is 0.337 e. The second-order valence-electron chi connectivity index (χ2n) is 10.6. The Hall–Kier alpha value is -3.52. The van der Waals surface area contributed by atoms with Crippen molar-refractivity contribution in [3.8, 4) is 32.8 Å². The van der Waals surface area contributed by atoms with Gasteiger partial charge in [-0.3, -0.25) is 4.68 Å². The monoisotopic (exact) mass is 559 g/mol. The highest BCUT2D eigenvalue weighted by atomic mass is 35.5. The van der Waals surface area contributed by atoms with Crippen LogP contribution in [0.3, 0.4) is 0 Å². The summed E-state index contributed by atoms with van der Waals surface area (Å²) in [5, 5.41) is 16.1. The Bertz CT molecular complexity index is 1680. The highest BCUT2D eigenvalue weighted by Crippen LogP contribution is 2.44. The number of aromatic nitrogens is 3. The zero-order valence-electron chi connectivity index (χ0n) is 22.7. The van der Waals surface area contributed by atoms with Gasteiger partial charge in [0.25, 0.3) is 0 Å². The number of hydrogen-bond donors (Lipinski definition) is 1. The second-order valence-corrected chi connectivity index (χ2v) is 12.1. The van der Waals surface area contributed by atoms with Gasteiger partial charge in [-0.1, -0.05) is 48.0 Å². The molecule has 0 aliphatic heterocycles. The molecule has 39 heavy (non-hydrogen) atoms. The summed E-state index contributed by atoms with van der Waals surface area (Å²) in [5.41, 5.74) is 7.55. The Kier molecular flexibility index (Phi) is 7.10. The number of rotatable bonds is 6. The van der Waals surface area contributed by atoms with E-state index in [9.17, 15) is 9.90 Å². The maximum absolute atomic E-state index is 12.5. The molecule has 1 atom stereocenters. The molecular weight excluding hydrogens is 530 g/mol. The molecule has 0 fully saturated rings. The van der Waals surface area contributed by atoms with Crippen molar-refractivity contribution in [3.63, 3.8) is 0 Å². The van der Waals surface area contributed by atoms with E-state index in [0.717, 1.165) is 54.3 Å². The summed E-state index contributed by atoms with van der Waals surface area (Å²) >= 11 is 7.75. The quantitative estimate of drug-likeness (QED) is 0.227. The number of aliphatic carboxylic acids is 1. The van der Waals surface area contributed by atoms with Crippen LogP contribution < -0.4 is 0 Å². The van der Waals surface area contributed by atoms with Crippen LogP contribution in [0.5, 0.6) is 0 Å². The lowest BCUT2D eigenvalue weighted by atomic mass is 9.91. The van der Waals surface area contributed by atoms with Gasteiger partial charge in [0.2, 0.25) is 0 Å². The topological polar surface area (TPSA) is 77.2 Å². The molecular formula is C31H30ClN3O3S. The van der Waals surface area contributed by atoms with Crippen LogP contribution in [-0.2, 0) is 16.6 Å². The number of ether oxygens (including phenoxy) is 1. The molecule has 6 nitrogen and oxygen atoms in total. The summed E-state index contributed by atoms with van der Waals surface area (Å²) in [6.45, 7) is 9.55. The maximum atomic E-state index is 12.5. The van der Waals surface area contributed by atoms with Crippen molar-refractivity contribution in [1.29, 1.82) is 0 Å². The van der Waals surface area contributed by atoms with Gasteiger partial charge in [0.05, 0.1) is 22.0 Å². The molecule has 0 bridgehead atoms. The number of nitrogens with zero attached hydrogens (tertiary/aromatic N) is 3. The number of benzene rings is 3. The number of carboxylic acid groups (broad SMARTS) is 1. The number of halogens is 1. The third-order valence-electron chi connectivity index (χ3n) is 6.70. The van der Waals surface area contributed by atoms with E-state index in [0.29, 0.717) is 10.6 Å². The SMILES string of the molecule is Cc1cc2nc(-c3ccc(-c4cnn(C)c4C)cc3)sc2c(-c2ccc(Cl)cc2)c1C(OC(C)(C)C)C(=O)O. The third-order valence-corrected chi connectivity index (χ3v) is 8.09. The van der Waals surface area contributed by atoms with Crippen LogP contribution in [-0.4, -0.2) is 31.4 Å². The number of carboxylic acids is 1. The van der Waals surface area contributed by atoms with Crippen molar-refractivity contribution in [1.82, 2.24) is 14.8 Å². The number of thiazole rings is 1. The first kappa shape index (κ1) is 27.1. The molecule has 0 spiro atoms. The fourth-order valence-corrected chi connectivity index (χ4v) is 5.99. The smallest absolute Gasteiger partial charge is 0.337 e. The highest BCUT2D eigenvalue weighted by molar-refractivity contribution is 7.22. The van der Waals surface area contributed by atoms with Crippen molar-refractivity contribution in [3.05, 3.63) is 82.6 Å². The van der Waals surface area contributed by atoms with E-state index in [1.54, 1.807) is 11.3 Å². The lowest BCUT2D eigenvalue weighted by molar-refractivity contribution is -0.160. The minimum Gasteiger partial charge on any atom is -0.479 e. The first-order chi connectivity index (χ1) is 18.4. The van der Waals surface area contributed by atoms with E-state index in [2.05, 4.69) is 36.3 Å². The predicted molar refractivity (Wildman–Crippen MR) is 158 cm³/mol. The first-order valence-corrected chi connectivity index (χ1v) is 13.8. The first-order valence-electron chi connectivity index (χ1n) is 12.6. The summed E-state index contributed by atoms with van der Waals surface area (Å²) in [7, 11) is 1.93. The van der Waals surface area contributed by atoms with Crippen molar-refractivity contribution in [2.75, 3.05) is 0 Å². The molecule has 0 aliphatic carbocycles. The van der Waals surface area contributed by atoms with Crippen molar-refractivity contribution in [2.45, 2.75) is 46.3 Å². The Morgan fingerprint density at radius 2 is 1.64 bits per heavy atom. The average molecular weight is 560 g/mol. The van der Waals surface area contributed by atoms with Crippen molar-refractivity contribution < 1.29 is 14.6 Å². The van der Waals surface area contributed by atoms with Gasteiger partial charge in [0.1, 0.15) is 5.01 Å². The fraction of sp³-hybridized carbons (Fsp3) is 0.258. The summed E-state index contributed by atoms with van der Waals surface area (Å²) in [6.07, 6.45) is 0.733. The number of aryl methyl sites for hydroxylation is 2. The zero-order valence-corrected chi connectivity index (χ0v) is 24.3. The Labute approximate surface area is 236 Å². The number of carbonyl (C=O) groups is 1. The lowest BCUT2D eigenvalue weighted by Gasteiger charge is -2.28. The standard InChI is InChI=1S/C31H30ClN3O3S/c1-17-15-24-28(39-29(34-24)21-9-7-19(8-10-21)23-16-33-35(6)18(23)2)26(20-11-13-22(32)14-12-20)25(17)27(30(36)37)38-31(3,4)5/h7-16,27H,1-6H3,(H,36,37). The molecule has 0 saturated heterocycles. The predicted octanol–water partition coefficient (Wildman–Crippen LogP) is 8.24. The Morgan fingerprint density at radius 1 is 1.03 bits per heavy atom. The van der Waals surface area contributed by atoms with Crippen LogP contribution in [0, 0.1) is 13.8 Å². The molecule has 8 heteroatoms. The van der Waals surface area contributed by atoms with E-state index >= 15 is 0 Å². The lowest BCUT2D eigenvalue weighted by Crippen LogP contribution is -2.28. The molecule has 2 aromatic heterocycles. The van der Waals surface area contributed by atoms with Gasteiger partial charge in [0.15, 0.2) is 6.10 Å². The average Bonchev–Trinajstić information content (AvgIpc) is 3.45. The molecule has 0 aliphatic rings. The molecule has 0 radical (unpaired) electrons. The fourth-order valence-electron chi connectivity index (χ4n) is 4.74. The van der Waals surface area contributed by atoms with Gasteiger partial charge in [0, 0.05) is 40.0 Å². The van der Waals surface area contributed by atoms with Gasteiger partial charge >= 0.3 is 5.97 Å². The number of fused-ring (bicyclic) bond motifs is 1. The van der Waals surface area contributed by atoms with E-state index in [4.69, 9.17) is 21.3 Å². The van der Waals surface area contributed by atoms with Crippen LogP contribution in [0.4, 0.5) is 0 Å². The minimum absolute atomic E-state index is 0.610. The van der Waals surface area contributed by atoms with Crippen molar-refractivity contribution >= 4 is 39.1 Å². The van der Waals surface area contributed by atoms with Crippen molar-refractivity contribution in [2.24, 2.45) is 7.05 Å².